The maximum Gasteiger partial charge on any atom is 0.341 e. The molecule has 1 radical (unpaired) electrons. The molecule has 0 saturated carbocycles. The number of halogens is 4. The second kappa shape index (κ2) is 10.4. The van der Waals surface area contributed by atoms with Gasteiger partial charge in [0.2, 0.25) is 0 Å². The van der Waals surface area contributed by atoms with E-state index in [1.165, 1.54) is 0 Å². The van der Waals surface area contributed by atoms with Crippen LogP contribution in [-0.4, -0.2) is 23.6 Å². The molecule has 0 amide bonds. The predicted molar refractivity (Wildman–Crippen MR) is 58.3 cm³/mol. The average Bonchev–Trinajstić information content (AvgIpc) is 2.41. The molecule has 10 heteroatoms. The van der Waals surface area contributed by atoms with Crippen LogP contribution < -0.4 is 5.73 Å². The summed E-state index contributed by atoms with van der Waals surface area (Å²) in [5.41, 5.74) is 1.55. The van der Waals surface area contributed by atoms with Crippen molar-refractivity contribution in [1.29, 1.82) is 0 Å². The average molecular weight is 382 g/mol. The minimum Gasteiger partial charge on any atom is -0.542 e. The van der Waals surface area contributed by atoms with E-state index in [1.54, 1.807) is 12.6 Å². The largest absolute Gasteiger partial charge is 0.542 e. The Bertz CT molecular complexity index is 502. The minimum absolute atomic E-state index is 0. The molecule has 0 heterocycles. The first-order valence-corrected chi connectivity index (χ1v) is 4.84. The molecule has 5 nitrogen and oxygen atoms in total. The van der Waals surface area contributed by atoms with E-state index in [1.807, 2.05) is 0 Å². The Morgan fingerprint density at radius 2 is 1.29 bits per heavy atom. The quantitative estimate of drug-likeness (QED) is 0.271. The van der Waals surface area contributed by atoms with Crippen LogP contribution in [-0.2, 0) is 42.3 Å². The van der Waals surface area contributed by atoms with Crippen LogP contribution in [0.15, 0.2) is 0 Å². The molecule has 113 valence electrons. The molecule has 3 N–H and O–H groups in total. The number of unbranched alkanes of at least 4 members (excludes halogenated alkanes) is 1. The SMILES string of the molecule is Nc1c(F)c(F)c(C(=O)O)c(F)c1F.O=[C-]CC[C-]=O.[Y]. The molecule has 1 aromatic carbocycles. The van der Waals surface area contributed by atoms with Crippen LogP contribution in [0.2, 0.25) is 0 Å². The molecule has 21 heavy (non-hydrogen) atoms. The molecule has 1 aromatic rings. The van der Waals surface area contributed by atoms with Crippen molar-refractivity contribution in [3.8, 4) is 0 Å². The summed E-state index contributed by atoms with van der Waals surface area (Å²) in [5.74, 6) is -9.98. The first kappa shape index (κ1) is 21.9. The van der Waals surface area contributed by atoms with Gasteiger partial charge in [-0.2, -0.15) is 12.8 Å². The van der Waals surface area contributed by atoms with Crippen molar-refractivity contribution in [3.63, 3.8) is 0 Å². The molecule has 0 fully saturated rings. The fourth-order valence-electron chi connectivity index (χ4n) is 0.938. The first-order valence-electron chi connectivity index (χ1n) is 4.84. The van der Waals surface area contributed by atoms with Gasteiger partial charge in [0.25, 0.3) is 0 Å². The van der Waals surface area contributed by atoms with Crippen LogP contribution in [0.1, 0.15) is 23.2 Å². The number of carboxylic acids is 1. The van der Waals surface area contributed by atoms with Gasteiger partial charge in [-0.25, -0.2) is 22.4 Å². The Kier molecular flexibility index (Phi) is 10.9. The van der Waals surface area contributed by atoms with Crippen LogP contribution in [0.4, 0.5) is 23.2 Å². The Morgan fingerprint density at radius 3 is 1.52 bits per heavy atom. The number of hydrogen-bond acceptors (Lipinski definition) is 4. The van der Waals surface area contributed by atoms with E-state index in [4.69, 9.17) is 5.11 Å². The molecular formula is C11H7F4NO4Y-2. The zero-order valence-corrected chi connectivity index (χ0v) is 13.1. The summed E-state index contributed by atoms with van der Waals surface area (Å²) in [6, 6.07) is 0. The van der Waals surface area contributed by atoms with Crippen molar-refractivity contribution in [1.82, 2.24) is 0 Å². The molecule has 0 unspecified atom stereocenters. The molecule has 0 aliphatic heterocycles. The second-order valence-corrected chi connectivity index (χ2v) is 3.14. The normalized spacial score (nSPS) is 8.95. The zero-order chi connectivity index (χ0) is 15.9. The molecule has 0 aliphatic carbocycles. The monoisotopic (exact) mass is 382 g/mol. The zero-order valence-electron chi connectivity index (χ0n) is 10.3. The number of anilines is 1. The van der Waals surface area contributed by atoms with Gasteiger partial charge in [-0.1, -0.05) is 0 Å². The van der Waals surface area contributed by atoms with Gasteiger partial charge in [-0.05, 0) is 0 Å². The summed E-state index contributed by atoms with van der Waals surface area (Å²) in [6.45, 7) is 0. The van der Waals surface area contributed by atoms with Gasteiger partial charge in [-0.15, -0.1) is 0 Å². The molecule has 0 bridgehead atoms. The fourth-order valence-corrected chi connectivity index (χ4v) is 0.938. The number of carbonyl (C=O) groups is 1. The van der Waals surface area contributed by atoms with Gasteiger partial charge in [0.15, 0.2) is 23.3 Å². The number of nitrogens with two attached hydrogens (primary N) is 1. The third kappa shape index (κ3) is 5.88. The van der Waals surface area contributed by atoms with Crippen molar-refractivity contribution in [2.24, 2.45) is 0 Å². The van der Waals surface area contributed by atoms with Gasteiger partial charge in [-0.3, -0.25) is 12.6 Å². The number of hydrogen-bond donors (Lipinski definition) is 2. The number of aromatic carboxylic acids is 1. The van der Waals surface area contributed by atoms with E-state index < -0.39 is 40.5 Å². The van der Waals surface area contributed by atoms with Crippen LogP contribution in [0, 0.1) is 23.3 Å². The smallest absolute Gasteiger partial charge is 0.341 e. The number of benzene rings is 1. The summed E-state index contributed by atoms with van der Waals surface area (Å²) < 4.78 is 50.7. The number of carbonyl (C=O) groups excluding carboxylic acids is 2. The Labute approximate surface area is 141 Å². The second-order valence-electron chi connectivity index (χ2n) is 3.14. The van der Waals surface area contributed by atoms with Crippen molar-refractivity contribution < 1.29 is 69.8 Å². The number of rotatable bonds is 4. The molecule has 0 aliphatic rings. The van der Waals surface area contributed by atoms with E-state index in [0.717, 1.165) is 0 Å². The van der Waals surface area contributed by atoms with Gasteiger partial charge in [0, 0.05) is 32.7 Å². The van der Waals surface area contributed by atoms with Crippen molar-refractivity contribution in [2.75, 3.05) is 5.73 Å². The van der Waals surface area contributed by atoms with E-state index >= 15 is 0 Å². The molecule has 0 aromatic heterocycles. The maximum atomic E-state index is 12.7. The maximum absolute atomic E-state index is 12.7. The van der Waals surface area contributed by atoms with Gasteiger partial charge < -0.3 is 20.4 Å². The van der Waals surface area contributed by atoms with Gasteiger partial charge in [0.1, 0.15) is 11.3 Å². The molecule has 0 spiro atoms. The molecular weight excluding hydrogens is 375 g/mol. The van der Waals surface area contributed by atoms with Crippen molar-refractivity contribution in [3.05, 3.63) is 28.8 Å². The van der Waals surface area contributed by atoms with E-state index in [0.29, 0.717) is 0 Å². The van der Waals surface area contributed by atoms with Gasteiger partial charge >= 0.3 is 5.97 Å². The fraction of sp³-hybridized carbons (Fsp3) is 0.182. The molecule has 1 rings (SSSR count). The number of carboxylic acid groups (broad SMARTS) is 1. The summed E-state index contributed by atoms with van der Waals surface area (Å²) in [7, 11) is 0. The summed E-state index contributed by atoms with van der Waals surface area (Å²) in [6.07, 6.45) is 3.48. The standard InChI is InChI=1S/C7H3F4NO2.C4H4O2.Y/c8-2-1(7(13)14)3(9)5(11)6(12)4(2)10;5-3-1-2-4-6;/h12H2,(H,13,14);1-2H2;/q;-2;. The summed E-state index contributed by atoms with van der Waals surface area (Å²) >= 11 is 0. The third-order valence-electron chi connectivity index (χ3n) is 1.84. The van der Waals surface area contributed by atoms with Crippen LogP contribution in [0.3, 0.4) is 0 Å². The Balaban J connectivity index is 0. The van der Waals surface area contributed by atoms with Crippen molar-refractivity contribution >= 4 is 24.2 Å². The Hall–Kier alpha value is -1.35. The first-order chi connectivity index (χ1) is 9.29. The number of nitrogen functional groups attached to an aromatic ring is 1. The van der Waals surface area contributed by atoms with Crippen LogP contribution in [0.5, 0.6) is 0 Å². The van der Waals surface area contributed by atoms with Crippen molar-refractivity contribution in [2.45, 2.75) is 12.8 Å². The van der Waals surface area contributed by atoms with Gasteiger partial charge in [0.05, 0.1) is 0 Å². The third-order valence-corrected chi connectivity index (χ3v) is 1.84. The Morgan fingerprint density at radius 1 is 0.952 bits per heavy atom. The summed E-state index contributed by atoms with van der Waals surface area (Å²) in [4.78, 5) is 28.7. The summed E-state index contributed by atoms with van der Waals surface area (Å²) in [5, 5.41) is 8.23. The predicted octanol–water partition coefficient (Wildman–Crippen LogP) is 1.51. The molecule has 0 saturated heterocycles. The van der Waals surface area contributed by atoms with E-state index in [9.17, 15) is 31.9 Å². The van der Waals surface area contributed by atoms with Crippen LogP contribution >= 0.6 is 0 Å². The van der Waals surface area contributed by atoms with E-state index in [-0.39, 0.29) is 45.6 Å². The minimum atomic E-state index is -2.11. The molecule has 0 atom stereocenters. The van der Waals surface area contributed by atoms with Crippen LogP contribution in [0.25, 0.3) is 0 Å². The topological polar surface area (TPSA) is 97.5 Å². The van der Waals surface area contributed by atoms with E-state index in [2.05, 4.69) is 5.73 Å².